The number of phenolic OH excluding ortho intramolecular Hbond substituents is 1. The molecule has 0 radical (unpaired) electrons. The fourth-order valence-electron chi connectivity index (χ4n) is 1.50. The Kier molecular flexibility index (Phi) is 5.87. The zero-order chi connectivity index (χ0) is 13.5. The Morgan fingerprint density at radius 1 is 1.28 bits per heavy atom. The van der Waals surface area contributed by atoms with Crippen LogP contribution in [0, 0.1) is 0 Å². The fraction of sp³-hybridized carbons (Fsp3) is 0.500. The molecular weight excluding hydrogens is 238 g/mol. The molecule has 1 unspecified atom stereocenters. The van der Waals surface area contributed by atoms with Gasteiger partial charge in [0.15, 0.2) is 6.29 Å². The van der Waals surface area contributed by atoms with E-state index in [1.165, 1.54) is 20.3 Å². The number of anilines is 1. The number of aliphatic hydroxyl groups is 2. The lowest BCUT2D eigenvalue weighted by Crippen LogP contribution is -2.23. The van der Waals surface area contributed by atoms with Gasteiger partial charge in [0.2, 0.25) is 0 Å². The van der Waals surface area contributed by atoms with Crippen molar-refractivity contribution in [1.82, 2.24) is 0 Å². The molecule has 1 aromatic rings. The van der Waals surface area contributed by atoms with Crippen LogP contribution in [0.4, 0.5) is 5.69 Å². The molecule has 0 spiro atoms. The number of nitrogens with one attached hydrogen (secondary N) is 1. The highest BCUT2D eigenvalue weighted by atomic mass is 16.7. The minimum absolute atomic E-state index is 0.0508. The molecule has 0 saturated heterocycles. The highest BCUT2D eigenvalue weighted by Gasteiger charge is 2.12. The van der Waals surface area contributed by atoms with E-state index in [-0.39, 0.29) is 18.9 Å². The van der Waals surface area contributed by atoms with Crippen LogP contribution < -0.4 is 5.32 Å². The van der Waals surface area contributed by atoms with Crippen molar-refractivity contribution in [3.8, 4) is 5.75 Å². The number of aromatic hydroxyl groups is 1. The molecule has 0 heterocycles. The Bertz CT molecular complexity index is 367. The third kappa shape index (κ3) is 3.85. The van der Waals surface area contributed by atoms with Crippen molar-refractivity contribution in [3.63, 3.8) is 0 Å². The maximum Gasteiger partial charge on any atom is 0.183 e. The molecular formula is C12H19NO5. The summed E-state index contributed by atoms with van der Waals surface area (Å²) in [6.07, 6.45) is -1.40. The normalized spacial score (nSPS) is 12.7. The van der Waals surface area contributed by atoms with E-state index in [2.05, 4.69) is 5.32 Å². The summed E-state index contributed by atoms with van der Waals surface area (Å²) in [4.78, 5) is 0. The van der Waals surface area contributed by atoms with Gasteiger partial charge in [0.1, 0.15) is 5.75 Å². The third-order valence-electron chi connectivity index (χ3n) is 2.46. The first kappa shape index (κ1) is 14.7. The van der Waals surface area contributed by atoms with Crippen molar-refractivity contribution in [3.05, 3.63) is 23.8 Å². The number of benzene rings is 1. The lowest BCUT2D eigenvalue weighted by atomic mass is 10.1. The van der Waals surface area contributed by atoms with Gasteiger partial charge in [-0.3, -0.25) is 0 Å². The quantitative estimate of drug-likeness (QED) is 0.419. The van der Waals surface area contributed by atoms with Crippen molar-refractivity contribution in [2.45, 2.75) is 12.4 Å². The Hall–Kier alpha value is -1.34. The molecule has 0 amide bonds. The molecule has 0 aromatic heterocycles. The minimum atomic E-state index is -0.881. The van der Waals surface area contributed by atoms with Gasteiger partial charge in [-0.15, -0.1) is 0 Å². The van der Waals surface area contributed by atoms with Crippen molar-refractivity contribution in [2.75, 3.05) is 32.7 Å². The molecule has 1 rings (SSSR count). The summed E-state index contributed by atoms with van der Waals surface area (Å²) in [5, 5.41) is 30.4. The molecule has 0 bridgehead atoms. The summed E-state index contributed by atoms with van der Waals surface area (Å²) < 4.78 is 10.2. The van der Waals surface area contributed by atoms with Crippen LogP contribution in [0.15, 0.2) is 18.2 Å². The van der Waals surface area contributed by atoms with E-state index in [4.69, 9.17) is 14.6 Å². The number of hydrogen-bond donors (Lipinski definition) is 4. The van der Waals surface area contributed by atoms with Crippen LogP contribution >= 0.6 is 0 Å². The maximum absolute atomic E-state index is 9.66. The molecule has 0 aliphatic carbocycles. The summed E-state index contributed by atoms with van der Waals surface area (Å²) in [6, 6.07) is 4.85. The summed E-state index contributed by atoms with van der Waals surface area (Å²) >= 11 is 0. The smallest absolute Gasteiger partial charge is 0.183 e. The van der Waals surface area contributed by atoms with Crippen LogP contribution in [0.25, 0.3) is 0 Å². The Labute approximate surface area is 106 Å². The number of hydrogen-bond acceptors (Lipinski definition) is 6. The van der Waals surface area contributed by atoms with E-state index >= 15 is 0 Å². The van der Waals surface area contributed by atoms with Crippen molar-refractivity contribution in [1.29, 1.82) is 0 Å². The monoisotopic (exact) mass is 257 g/mol. The van der Waals surface area contributed by atoms with Gasteiger partial charge in [-0.25, -0.2) is 0 Å². The summed E-state index contributed by atoms with van der Waals surface area (Å²) in [7, 11) is 3.04. The number of rotatable bonds is 7. The zero-order valence-corrected chi connectivity index (χ0v) is 10.5. The van der Waals surface area contributed by atoms with Crippen LogP contribution in [0.2, 0.25) is 0 Å². The number of aliphatic hydroxyl groups excluding tert-OH is 2. The largest absolute Gasteiger partial charge is 0.506 e. The molecule has 102 valence electrons. The van der Waals surface area contributed by atoms with Gasteiger partial charge in [-0.1, -0.05) is 6.07 Å². The second-order valence-electron chi connectivity index (χ2n) is 3.80. The van der Waals surface area contributed by atoms with Crippen LogP contribution in [0.1, 0.15) is 11.9 Å². The Balaban J connectivity index is 2.80. The van der Waals surface area contributed by atoms with Crippen LogP contribution in [0.3, 0.4) is 0 Å². The second kappa shape index (κ2) is 7.17. The molecule has 0 fully saturated rings. The second-order valence-corrected chi connectivity index (χ2v) is 3.80. The molecule has 0 saturated carbocycles. The van der Waals surface area contributed by atoms with E-state index in [9.17, 15) is 10.2 Å². The summed E-state index contributed by atoms with van der Waals surface area (Å²) in [6.45, 7) is -0.204. The standard InChI is InChI=1S/C12H19NO5/c1-17-12(18-2)8-3-4-11(16)10(5-8)13-6-9(15)7-14/h3-5,9,12-16H,6-7H2,1-2H3. The number of phenols is 1. The van der Waals surface area contributed by atoms with E-state index in [0.29, 0.717) is 5.69 Å². The van der Waals surface area contributed by atoms with Gasteiger partial charge in [-0.05, 0) is 12.1 Å². The molecule has 1 atom stereocenters. The number of methoxy groups -OCH3 is 2. The highest BCUT2D eigenvalue weighted by Crippen LogP contribution is 2.28. The van der Waals surface area contributed by atoms with Crippen molar-refractivity contribution in [2.24, 2.45) is 0 Å². The fourth-order valence-corrected chi connectivity index (χ4v) is 1.50. The van der Waals surface area contributed by atoms with Crippen molar-refractivity contribution < 1.29 is 24.8 Å². The average Bonchev–Trinajstić information content (AvgIpc) is 2.39. The van der Waals surface area contributed by atoms with Gasteiger partial charge < -0.3 is 30.1 Å². The van der Waals surface area contributed by atoms with Crippen LogP contribution in [-0.4, -0.2) is 48.8 Å². The molecule has 0 aliphatic rings. The van der Waals surface area contributed by atoms with Gasteiger partial charge in [0.25, 0.3) is 0 Å². The Morgan fingerprint density at radius 3 is 2.50 bits per heavy atom. The lowest BCUT2D eigenvalue weighted by molar-refractivity contribution is -0.106. The topological polar surface area (TPSA) is 91.2 Å². The van der Waals surface area contributed by atoms with Crippen LogP contribution in [0.5, 0.6) is 5.75 Å². The Morgan fingerprint density at radius 2 is 1.94 bits per heavy atom. The first-order valence-corrected chi connectivity index (χ1v) is 5.53. The molecule has 6 heteroatoms. The van der Waals surface area contributed by atoms with Gasteiger partial charge in [0, 0.05) is 26.3 Å². The molecule has 4 N–H and O–H groups in total. The zero-order valence-electron chi connectivity index (χ0n) is 10.5. The summed E-state index contributed by atoms with van der Waals surface area (Å²) in [5.74, 6) is 0.0508. The average molecular weight is 257 g/mol. The van der Waals surface area contributed by atoms with Gasteiger partial charge >= 0.3 is 0 Å². The van der Waals surface area contributed by atoms with E-state index in [1.54, 1.807) is 12.1 Å². The predicted octanol–water partition coefficient (Wildman–Crippen LogP) is 0.449. The van der Waals surface area contributed by atoms with Gasteiger partial charge in [-0.2, -0.15) is 0 Å². The van der Waals surface area contributed by atoms with E-state index < -0.39 is 12.4 Å². The molecule has 6 nitrogen and oxygen atoms in total. The molecule has 0 aliphatic heterocycles. The lowest BCUT2D eigenvalue weighted by Gasteiger charge is -2.17. The predicted molar refractivity (Wildman–Crippen MR) is 66.4 cm³/mol. The maximum atomic E-state index is 9.66. The molecule has 1 aromatic carbocycles. The number of ether oxygens (including phenoxy) is 2. The van der Waals surface area contributed by atoms with Gasteiger partial charge in [0.05, 0.1) is 18.4 Å². The van der Waals surface area contributed by atoms with Crippen LogP contribution in [-0.2, 0) is 9.47 Å². The molecule has 18 heavy (non-hydrogen) atoms. The first-order chi connectivity index (χ1) is 8.62. The SMILES string of the molecule is COC(OC)c1ccc(O)c(NCC(O)CO)c1. The van der Waals surface area contributed by atoms with Crippen molar-refractivity contribution >= 4 is 5.69 Å². The summed E-state index contributed by atoms with van der Waals surface area (Å²) in [5.41, 5.74) is 1.18. The highest BCUT2D eigenvalue weighted by molar-refractivity contribution is 5.57. The van der Waals surface area contributed by atoms with E-state index in [0.717, 1.165) is 5.56 Å². The minimum Gasteiger partial charge on any atom is -0.506 e. The van der Waals surface area contributed by atoms with E-state index in [1.807, 2.05) is 0 Å². The first-order valence-electron chi connectivity index (χ1n) is 5.53. The third-order valence-corrected chi connectivity index (χ3v) is 2.46.